The van der Waals surface area contributed by atoms with Gasteiger partial charge in [0.25, 0.3) is 0 Å². The van der Waals surface area contributed by atoms with E-state index in [1.54, 1.807) is 0 Å². The Bertz CT molecular complexity index is 863. The SMILES string of the molecule is O=C(N[C@H]1C[C@H]2CN(Cc3csc4ccccc34)C[C@H]2C[C@@H]1O)C1CCOCC1. The van der Waals surface area contributed by atoms with Gasteiger partial charge in [-0.1, -0.05) is 18.2 Å². The molecule has 1 saturated carbocycles. The van der Waals surface area contributed by atoms with Crippen molar-refractivity contribution < 1.29 is 14.6 Å². The number of carbonyl (C=O) groups excluding carboxylic acids is 1. The molecule has 3 aliphatic rings. The third kappa shape index (κ3) is 4.08. The van der Waals surface area contributed by atoms with Crippen LogP contribution in [0.2, 0.25) is 0 Å². The quantitative estimate of drug-likeness (QED) is 0.807. The average molecular weight is 415 g/mol. The van der Waals surface area contributed by atoms with Crippen LogP contribution in [-0.4, -0.2) is 54.4 Å². The predicted molar refractivity (Wildman–Crippen MR) is 115 cm³/mol. The van der Waals surface area contributed by atoms with E-state index in [1.807, 2.05) is 11.3 Å². The maximum atomic E-state index is 12.6. The molecule has 6 heteroatoms. The Hall–Kier alpha value is -1.47. The number of nitrogens with zero attached hydrogens (tertiary/aromatic N) is 1. The fourth-order valence-electron chi connectivity index (χ4n) is 5.47. The molecule has 5 nitrogen and oxygen atoms in total. The number of rotatable bonds is 4. The Morgan fingerprint density at radius 1 is 1.17 bits per heavy atom. The molecular weight excluding hydrogens is 384 g/mol. The molecule has 1 aromatic carbocycles. The number of hydrogen-bond acceptors (Lipinski definition) is 5. The van der Waals surface area contributed by atoms with Crippen LogP contribution in [-0.2, 0) is 16.1 Å². The number of hydrogen-bond donors (Lipinski definition) is 2. The van der Waals surface area contributed by atoms with Gasteiger partial charge in [-0.05, 0) is 59.9 Å². The highest BCUT2D eigenvalue weighted by Gasteiger charge is 2.42. The van der Waals surface area contributed by atoms with Crippen molar-refractivity contribution in [1.29, 1.82) is 0 Å². The molecule has 5 rings (SSSR count). The van der Waals surface area contributed by atoms with Crippen molar-refractivity contribution in [2.45, 2.75) is 44.4 Å². The van der Waals surface area contributed by atoms with Gasteiger partial charge in [0, 0.05) is 43.5 Å². The van der Waals surface area contributed by atoms with Crippen LogP contribution in [0.3, 0.4) is 0 Å². The second kappa shape index (κ2) is 8.34. The minimum Gasteiger partial charge on any atom is -0.391 e. The molecule has 156 valence electrons. The summed E-state index contributed by atoms with van der Waals surface area (Å²) in [5.74, 6) is 1.24. The van der Waals surface area contributed by atoms with E-state index >= 15 is 0 Å². The average Bonchev–Trinajstić information content (AvgIpc) is 3.32. The maximum absolute atomic E-state index is 12.6. The fraction of sp³-hybridized carbons (Fsp3) is 0.609. The summed E-state index contributed by atoms with van der Waals surface area (Å²) < 4.78 is 6.72. The molecule has 3 heterocycles. The summed E-state index contributed by atoms with van der Waals surface area (Å²) in [5, 5.41) is 17.5. The number of aliphatic hydroxyl groups is 1. The standard InChI is InChI=1S/C23H30N2O3S/c26-21-10-17-12-25(13-18-14-29-22-4-2-1-3-19(18)22)11-16(17)9-20(21)24-23(27)15-5-7-28-8-6-15/h1-4,14-17,20-21,26H,5-13H2,(H,24,27)/t16-,17+,20-,21-/m0/s1. The van der Waals surface area contributed by atoms with E-state index in [4.69, 9.17) is 4.74 Å². The van der Waals surface area contributed by atoms with E-state index in [1.165, 1.54) is 15.6 Å². The highest BCUT2D eigenvalue weighted by atomic mass is 32.1. The van der Waals surface area contributed by atoms with Crippen LogP contribution < -0.4 is 5.32 Å². The Morgan fingerprint density at radius 3 is 2.76 bits per heavy atom. The van der Waals surface area contributed by atoms with Crippen LogP contribution in [0.5, 0.6) is 0 Å². The zero-order valence-electron chi connectivity index (χ0n) is 16.8. The summed E-state index contributed by atoms with van der Waals surface area (Å²) in [7, 11) is 0. The summed E-state index contributed by atoms with van der Waals surface area (Å²) >= 11 is 1.82. The monoisotopic (exact) mass is 414 g/mol. The van der Waals surface area contributed by atoms with Gasteiger partial charge in [0.15, 0.2) is 0 Å². The van der Waals surface area contributed by atoms with Gasteiger partial charge >= 0.3 is 0 Å². The van der Waals surface area contributed by atoms with Gasteiger partial charge in [0.05, 0.1) is 12.1 Å². The van der Waals surface area contributed by atoms with Crippen molar-refractivity contribution in [2.75, 3.05) is 26.3 Å². The van der Waals surface area contributed by atoms with Crippen molar-refractivity contribution in [3.63, 3.8) is 0 Å². The second-order valence-electron chi connectivity index (χ2n) is 9.01. The van der Waals surface area contributed by atoms with Gasteiger partial charge in [-0.15, -0.1) is 11.3 Å². The zero-order valence-corrected chi connectivity index (χ0v) is 17.6. The third-order valence-electron chi connectivity index (χ3n) is 7.09. The summed E-state index contributed by atoms with van der Waals surface area (Å²) in [6, 6.07) is 8.52. The molecule has 0 spiro atoms. The van der Waals surface area contributed by atoms with E-state index in [0.29, 0.717) is 25.0 Å². The van der Waals surface area contributed by atoms with Crippen molar-refractivity contribution >= 4 is 27.3 Å². The van der Waals surface area contributed by atoms with Crippen molar-refractivity contribution in [1.82, 2.24) is 10.2 Å². The first-order chi connectivity index (χ1) is 14.2. The number of nitrogens with one attached hydrogen (secondary N) is 1. The Labute approximate surface area is 176 Å². The Balaban J connectivity index is 1.20. The number of aliphatic hydroxyl groups excluding tert-OH is 1. The highest BCUT2D eigenvalue weighted by Crippen LogP contribution is 2.38. The van der Waals surface area contributed by atoms with E-state index in [2.05, 4.69) is 39.9 Å². The minimum absolute atomic E-state index is 0.0422. The molecule has 2 N–H and O–H groups in total. The summed E-state index contributed by atoms with van der Waals surface area (Å²) in [6.45, 7) is 4.43. The van der Waals surface area contributed by atoms with Crippen LogP contribution in [0.25, 0.3) is 10.1 Å². The molecule has 2 aliphatic heterocycles. The van der Waals surface area contributed by atoms with Gasteiger partial charge in [-0.3, -0.25) is 9.69 Å². The predicted octanol–water partition coefficient (Wildman–Crippen LogP) is 3.02. The lowest BCUT2D eigenvalue weighted by molar-refractivity contribution is -0.130. The summed E-state index contributed by atoms with van der Waals surface area (Å²) in [4.78, 5) is 15.2. The minimum atomic E-state index is -0.429. The molecule has 29 heavy (non-hydrogen) atoms. The van der Waals surface area contributed by atoms with Gasteiger partial charge in [-0.25, -0.2) is 0 Å². The third-order valence-corrected chi connectivity index (χ3v) is 8.10. The second-order valence-corrected chi connectivity index (χ2v) is 9.92. The number of likely N-dealkylation sites (tertiary alicyclic amines) is 1. The Morgan fingerprint density at radius 2 is 1.93 bits per heavy atom. The van der Waals surface area contributed by atoms with Crippen molar-refractivity contribution in [3.05, 3.63) is 35.2 Å². The zero-order chi connectivity index (χ0) is 19.8. The first kappa shape index (κ1) is 19.5. The van der Waals surface area contributed by atoms with E-state index in [0.717, 1.165) is 45.3 Å². The van der Waals surface area contributed by atoms with Crippen LogP contribution in [0.15, 0.2) is 29.6 Å². The molecule has 2 aromatic rings. The molecule has 2 saturated heterocycles. The lowest BCUT2D eigenvalue weighted by Gasteiger charge is -2.36. The normalized spacial score (nSPS) is 31.1. The molecule has 1 aromatic heterocycles. The van der Waals surface area contributed by atoms with Crippen LogP contribution in [0.4, 0.5) is 0 Å². The number of amides is 1. The van der Waals surface area contributed by atoms with Crippen LogP contribution >= 0.6 is 11.3 Å². The van der Waals surface area contributed by atoms with E-state index in [9.17, 15) is 9.90 Å². The number of carbonyl (C=O) groups is 1. The maximum Gasteiger partial charge on any atom is 0.223 e. The summed E-state index contributed by atoms with van der Waals surface area (Å²) in [6.07, 6.45) is 2.85. The number of fused-ring (bicyclic) bond motifs is 2. The molecule has 0 bridgehead atoms. The number of thiophene rings is 1. The van der Waals surface area contributed by atoms with Crippen molar-refractivity contribution in [3.8, 4) is 0 Å². The smallest absolute Gasteiger partial charge is 0.223 e. The number of benzene rings is 1. The molecular formula is C23H30N2O3S. The summed E-state index contributed by atoms with van der Waals surface area (Å²) in [5.41, 5.74) is 1.41. The van der Waals surface area contributed by atoms with Gasteiger partial charge in [-0.2, -0.15) is 0 Å². The lowest BCUT2D eigenvalue weighted by atomic mass is 9.77. The molecule has 1 aliphatic carbocycles. The number of ether oxygens (including phenoxy) is 1. The Kier molecular flexibility index (Phi) is 5.61. The van der Waals surface area contributed by atoms with Crippen molar-refractivity contribution in [2.24, 2.45) is 17.8 Å². The van der Waals surface area contributed by atoms with Gasteiger partial charge < -0.3 is 15.2 Å². The van der Waals surface area contributed by atoms with Gasteiger partial charge in [0.1, 0.15) is 0 Å². The van der Waals surface area contributed by atoms with E-state index in [-0.39, 0.29) is 17.9 Å². The topological polar surface area (TPSA) is 61.8 Å². The molecule has 1 amide bonds. The lowest BCUT2D eigenvalue weighted by Crippen LogP contribution is -2.51. The first-order valence-corrected chi connectivity index (χ1v) is 11.8. The molecule has 3 fully saturated rings. The highest BCUT2D eigenvalue weighted by molar-refractivity contribution is 7.17. The molecule has 0 unspecified atom stereocenters. The van der Waals surface area contributed by atoms with E-state index < -0.39 is 6.10 Å². The fourth-order valence-corrected chi connectivity index (χ4v) is 6.42. The first-order valence-electron chi connectivity index (χ1n) is 10.9. The van der Waals surface area contributed by atoms with Crippen LogP contribution in [0, 0.1) is 17.8 Å². The van der Waals surface area contributed by atoms with Crippen LogP contribution in [0.1, 0.15) is 31.2 Å². The molecule has 0 radical (unpaired) electrons. The molecule has 4 atom stereocenters. The largest absolute Gasteiger partial charge is 0.391 e. The van der Waals surface area contributed by atoms with Gasteiger partial charge in [0.2, 0.25) is 5.91 Å².